The van der Waals surface area contributed by atoms with E-state index in [1.54, 1.807) is 23.3 Å². The molecule has 1 aromatic heterocycles. The number of nitrogens with zero attached hydrogens (tertiary/aromatic N) is 2. The van der Waals surface area contributed by atoms with Gasteiger partial charge in [0.1, 0.15) is 12.3 Å². The van der Waals surface area contributed by atoms with E-state index in [0.29, 0.717) is 5.76 Å². The van der Waals surface area contributed by atoms with Crippen molar-refractivity contribution in [2.45, 2.75) is 31.8 Å². The third-order valence-electron chi connectivity index (χ3n) is 7.47. The molecule has 0 aliphatic heterocycles. The molecule has 1 aliphatic rings. The van der Waals surface area contributed by atoms with E-state index in [0.717, 1.165) is 29.7 Å². The number of primary amides is 1. The summed E-state index contributed by atoms with van der Waals surface area (Å²) in [7, 11) is 0. The second-order valence-corrected chi connectivity index (χ2v) is 10.0. The molecule has 204 valence electrons. The lowest BCUT2D eigenvalue weighted by Gasteiger charge is -2.42. The lowest BCUT2D eigenvalue weighted by Crippen LogP contribution is -2.48. The number of aromatic carboxylic acids is 1. The second kappa shape index (κ2) is 11.9. The zero-order chi connectivity index (χ0) is 28.1. The van der Waals surface area contributed by atoms with Gasteiger partial charge in [0, 0.05) is 5.69 Å². The summed E-state index contributed by atoms with van der Waals surface area (Å²) in [5.41, 5.74) is 9.40. The number of aryl methyl sites for hydroxylation is 1. The van der Waals surface area contributed by atoms with Gasteiger partial charge in [0.05, 0.1) is 24.4 Å². The van der Waals surface area contributed by atoms with Crippen molar-refractivity contribution in [3.8, 4) is 0 Å². The highest BCUT2D eigenvalue weighted by molar-refractivity contribution is 5.98. The predicted octanol–water partition coefficient (Wildman–Crippen LogP) is 5.44. The number of anilines is 1. The maximum atomic E-state index is 14.2. The van der Waals surface area contributed by atoms with Gasteiger partial charge in [0.2, 0.25) is 5.91 Å². The normalized spacial score (nSPS) is 16.1. The van der Waals surface area contributed by atoms with E-state index in [9.17, 15) is 19.5 Å². The number of fused-ring (bicyclic) bond motifs is 1. The van der Waals surface area contributed by atoms with E-state index in [2.05, 4.69) is 24.3 Å². The zero-order valence-electron chi connectivity index (χ0n) is 22.0. The molecule has 0 unspecified atom stereocenters. The van der Waals surface area contributed by atoms with Crippen LogP contribution in [0.25, 0.3) is 0 Å². The first-order valence-electron chi connectivity index (χ1n) is 13.2. The van der Waals surface area contributed by atoms with Crippen LogP contribution >= 0.6 is 0 Å². The van der Waals surface area contributed by atoms with Crippen LogP contribution in [0.4, 0.5) is 10.5 Å². The number of benzene rings is 3. The molecule has 3 N–H and O–H groups in total. The Labute approximate surface area is 232 Å². The Morgan fingerprint density at radius 2 is 1.70 bits per heavy atom. The summed E-state index contributed by atoms with van der Waals surface area (Å²) in [6, 6.07) is 26.7. The first-order chi connectivity index (χ1) is 19.4. The molecule has 8 heteroatoms. The third-order valence-corrected chi connectivity index (χ3v) is 7.47. The monoisotopic (exact) mass is 537 g/mol. The summed E-state index contributed by atoms with van der Waals surface area (Å²) in [4.78, 5) is 41.2. The number of carboxylic acids is 1. The maximum Gasteiger partial charge on any atom is 0.335 e. The number of urea groups is 1. The third kappa shape index (κ3) is 5.91. The van der Waals surface area contributed by atoms with E-state index in [1.807, 2.05) is 36.4 Å². The summed E-state index contributed by atoms with van der Waals surface area (Å²) < 4.78 is 5.66. The van der Waals surface area contributed by atoms with Crippen molar-refractivity contribution >= 4 is 23.6 Å². The Hall–Kier alpha value is -4.85. The number of carbonyl (C=O) groups is 3. The Bertz CT molecular complexity index is 1490. The molecule has 8 nitrogen and oxygen atoms in total. The molecule has 0 radical (unpaired) electrons. The molecular weight excluding hydrogens is 506 g/mol. The fourth-order valence-electron chi connectivity index (χ4n) is 5.60. The summed E-state index contributed by atoms with van der Waals surface area (Å²) in [5.74, 6) is -0.725. The highest BCUT2D eigenvalue weighted by atomic mass is 16.4. The van der Waals surface area contributed by atoms with Crippen molar-refractivity contribution in [3.63, 3.8) is 0 Å². The van der Waals surface area contributed by atoms with Gasteiger partial charge in [-0.05, 0) is 72.2 Å². The molecule has 0 fully saturated rings. The first-order valence-corrected chi connectivity index (χ1v) is 13.2. The topological polar surface area (TPSA) is 117 Å². The molecule has 5 rings (SSSR count). The molecule has 1 aliphatic carbocycles. The Morgan fingerprint density at radius 1 is 0.925 bits per heavy atom. The minimum absolute atomic E-state index is 0.00669. The van der Waals surface area contributed by atoms with Crippen LogP contribution in [0.5, 0.6) is 0 Å². The van der Waals surface area contributed by atoms with Gasteiger partial charge in [-0.15, -0.1) is 0 Å². The van der Waals surface area contributed by atoms with Crippen LogP contribution in [0.2, 0.25) is 0 Å². The average molecular weight is 538 g/mol. The molecule has 0 spiro atoms. The van der Waals surface area contributed by atoms with Gasteiger partial charge in [-0.2, -0.15) is 0 Å². The van der Waals surface area contributed by atoms with E-state index >= 15 is 0 Å². The van der Waals surface area contributed by atoms with Crippen LogP contribution in [0.3, 0.4) is 0 Å². The predicted molar refractivity (Wildman–Crippen MR) is 151 cm³/mol. The number of furan rings is 1. The lowest BCUT2D eigenvalue weighted by atomic mass is 9.76. The number of carbonyl (C=O) groups excluding carboxylic acids is 2. The summed E-state index contributed by atoms with van der Waals surface area (Å²) >= 11 is 0. The molecule has 1 heterocycles. The zero-order valence-corrected chi connectivity index (χ0v) is 22.0. The Morgan fingerprint density at radius 3 is 2.42 bits per heavy atom. The van der Waals surface area contributed by atoms with Crippen LogP contribution in [0.1, 0.15) is 45.3 Å². The average Bonchev–Trinajstić information content (AvgIpc) is 3.48. The smallest absolute Gasteiger partial charge is 0.335 e. The van der Waals surface area contributed by atoms with Crippen molar-refractivity contribution in [3.05, 3.63) is 125 Å². The van der Waals surface area contributed by atoms with E-state index in [-0.39, 0.29) is 42.2 Å². The fraction of sp³-hybridized carbons (Fsp3) is 0.219. The standard InChI is InChI=1S/C32H31N3O5/c33-32(39)34(26-12-6-11-25(19-26)31(37)38)21-29(36)35(20-27-13-7-17-40-27)30-24(18-22-8-2-1-3-9-22)16-15-23-10-4-5-14-28(23)30/h1-14,17,19,24,30H,15-16,18,20-21H2,(H2,33,39)(H,37,38)/t24-,30-/m0/s1. The van der Waals surface area contributed by atoms with Gasteiger partial charge >= 0.3 is 12.0 Å². The van der Waals surface area contributed by atoms with Gasteiger partial charge in [-0.3, -0.25) is 9.69 Å². The van der Waals surface area contributed by atoms with Crippen LogP contribution in [0.15, 0.2) is 102 Å². The SMILES string of the molecule is NC(=O)N(CC(=O)N(Cc1ccco1)[C@@H]1c2ccccc2CC[C@H]1Cc1ccccc1)c1cccc(C(=O)O)c1. The van der Waals surface area contributed by atoms with Gasteiger partial charge in [0.25, 0.3) is 0 Å². The lowest BCUT2D eigenvalue weighted by molar-refractivity contribution is -0.134. The number of nitrogens with two attached hydrogens (primary N) is 1. The highest BCUT2D eigenvalue weighted by Crippen LogP contribution is 2.41. The molecule has 0 bridgehead atoms. The first kappa shape index (κ1) is 26.7. The fourth-order valence-corrected chi connectivity index (χ4v) is 5.60. The molecule has 3 amide bonds. The Kier molecular flexibility index (Phi) is 7.96. The van der Waals surface area contributed by atoms with E-state index in [4.69, 9.17) is 10.2 Å². The molecule has 2 atom stereocenters. The minimum Gasteiger partial charge on any atom is -0.478 e. The van der Waals surface area contributed by atoms with Gasteiger partial charge in [-0.1, -0.05) is 60.7 Å². The van der Waals surface area contributed by atoms with Crippen LogP contribution < -0.4 is 10.6 Å². The summed E-state index contributed by atoms with van der Waals surface area (Å²) in [6.07, 6.45) is 4.14. The van der Waals surface area contributed by atoms with Crippen LogP contribution in [-0.2, 0) is 24.2 Å². The minimum atomic E-state index is -1.14. The molecule has 4 aromatic rings. The van der Waals surface area contributed by atoms with E-state index < -0.39 is 12.0 Å². The van der Waals surface area contributed by atoms with Crippen molar-refractivity contribution < 1.29 is 23.9 Å². The number of hydrogen-bond acceptors (Lipinski definition) is 4. The number of rotatable bonds is 9. The molecule has 0 saturated carbocycles. The highest BCUT2D eigenvalue weighted by Gasteiger charge is 2.37. The number of amides is 3. The van der Waals surface area contributed by atoms with Crippen molar-refractivity contribution in [1.82, 2.24) is 4.90 Å². The second-order valence-electron chi connectivity index (χ2n) is 10.0. The largest absolute Gasteiger partial charge is 0.478 e. The van der Waals surface area contributed by atoms with Crippen molar-refractivity contribution in [2.75, 3.05) is 11.4 Å². The van der Waals surface area contributed by atoms with E-state index in [1.165, 1.54) is 29.3 Å². The maximum absolute atomic E-state index is 14.2. The Balaban J connectivity index is 1.53. The summed E-state index contributed by atoms with van der Waals surface area (Å²) in [5, 5.41) is 9.44. The number of hydrogen-bond donors (Lipinski definition) is 2. The number of carboxylic acid groups (broad SMARTS) is 1. The molecular formula is C32H31N3O5. The van der Waals surface area contributed by atoms with Crippen LogP contribution in [0, 0.1) is 5.92 Å². The van der Waals surface area contributed by atoms with Gasteiger partial charge in [0.15, 0.2) is 0 Å². The molecule has 3 aromatic carbocycles. The van der Waals surface area contributed by atoms with Gasteiger partial charge < -0.3 is 20.2 Å². The summed E-state index contributed by atoms with van der Waals surface area (Å²) in [6.45, 7) is -0.145. The molecule has 40 heavy (non-hydrogen) atoms. The van der Waals surface area contributed by atoms with Crippen molar-refractivity contribution in [2.24, 2.45) is 11.7 Å². The quantitative estimate of drug-likeness (QED) is 0.295. The molecule has 0 saturated heterocycles. The van der Waals surface area contributed by atoms with Crippen molar-refractivity contribution in [1.29, 1.82) is 0 Å². The van der Waals surface area contributed by atoms with Gasteiger partial charge in [-0.25, -0.2) is 9.59 Å². The van der Waals surface area contributed by atoms with Crippen LogP contribution in [-0.4, -0.2) is 34.5 Å².